The molecule has 1 aliphatic heterocycles. The van der Waals surface area contributed by atoms with E-state index in [1.165, 1.54) is 12.1 Å². The van der Waals surface area contributed by atoms with Crippen molar-refractivity contribution in [2.24, 2.45) is 0 Å². The fourth-order valence-electron chi connectivity index (χ4n) is 2.67. The van der Waals surface area contributed by atoms with Crippen LogP contribution >= 0.6 is 0 Å². The zero-order chi connectivity index (χ0) is 14.7. The number of anilines is 1. The van der Waals surface area contributed by atoms with Crippen LogP contribution in [0.1, 0.15) is 24.4 Å². The molecule has 1 aromatic carbocycles. The summed E-state index contributed by atoms with van der Waals surface area (Å²) < 4.78 is 13.0. The minimum Gasteiger partial charge on any atom is -0.317 e. The maximum atomic E-state index is 13.0. The third-order valence-electron chi connectivity index (χ3n) is 3.68. The van der Waals surface area contributed by atoms with Crippen molar-refractivity contribution < 1.29 is 9.18 Å². The number of nitrogens with zero attached hydrogens (tertiary/aromatic N) is 2. The van der Waals surface area contributed by atoms with Gasteiger partial charge in [-0.3, -0.25) is 4.98 Å². The molecule has 3 rings (SSSR count). The molecule has 2 amide bonds. The van der Waals surface area contributed by atoms with E-state index in [9.17, 15) is 9.18 Å². The molecule has 0 saturated carbocycles. The van der Waals surface area contributed by atoms with E-state index in [0.717, 1.165) is 18.4 Å². The Bertz CT molecular complexity index is 615. The van der Waals surface area contributed by atoms with Crippen LogP contribution in [0.25, 0.3) is 0 Å². The first-order valence-electron chi connectivity index (χ1n) is 6.97. The molecular weight excluding hydrogens is 269 g/mol. The smallest absolute Gasteiger partial charge is 0.317 e. The Morgan fingerprint density at radius 2 is 2.10 bits per heavy atom. The Morgan fingerprint density at radius 1 is 1.29 bits per heavy atom. The van der Waals surface area contributed by atoms with Crippen molar-refractivity contribution in [1.82, 2.24) is 9.88 Å². The van der Waals surface area contributed by atoms with E-state index < -0.39 is 0 Å². The first-order valence-corrected chi connectivity index (χ1v) is 6.97. The van der Waals surface area contributed by atoms with Crippen molar-refractivity contribution in [2.75, 3.05) is 11.9 Å². The van der Waals surface area contributed by atoms with Crippen LogP contribution in [-0.2, 0) is 0 Å². The third-order valence-corrected chi connectivity index (χ3v) is 3.68. The van der Waals surface area contributed by atoms with Gasteiger partial charge in [0.15, 0.2) is 0 Å². The van der Waals surface area contributed by atoms with Gasteiger partial charge in [0.1, 0.15) is 5.82 Å². The number of hydrogen-bond acceptors (Lipinski definition) is 2. The molecule has 4 nitrogen and oxygen atoms in total. The Hall–Kier alpha value is -2.43. The summed E-state index contributed by atoms with van der Waals surface area (Å²) in [5.74, 6) is -0.261. The van der Waals surface area contributed by atoms with Gasteiger partial charge >= 0.3 is 6.03 Å². The number of amides is 2. The number of hydrogen-bond donors (Lipinski definition) is 1. The Kier molecular flexibility index (Phi) is 3.81. The standard InChI is InChI=1S/C16H16FN3O/c17-13-7-5-12(6-8-13)15-4-2-10-20(15)16(21)19-14-3-1-9-18-11-14/h1,3,5-9,11,15H,2,4,10H2,(H,19,21). The monoisotopic (exact) mass is 285 g/mol. The Morgan fingerprint density at radius 3 is 2.81 bits per heavy atom. The summed E-state index contributed by atoms with van der Waals surface area (Å²) in [7, 11) is 0. The van der Waals surface area contributed by atoms with E-state index in [1.807, 2.05) is 0 Å². The van der Waals surface area contributed by atoms with Crippen molar-refractivity contribution in [1.29, 1.82) is 0 Å². The molecule has 21 heavy (non-hydrogen) atoms. The van der Waals surface area contributed by atoms with E-state index in [-0.39, 0.29) is 17.9 Å². The molecule has 1 saturated heterocycles. The van der Waals surface area contributed by atoms with E-state index in [4.69, 9.17) is 0 Å². The van der Waals surface area contributed by atoms with Crippen molar-refractivity contribution in [2.45, 2.75) is 18.9 Å². The van der Waals surface area contributed by atoms with Gasteiger partial charge in [-0.2, -0.15) is 0 Å². The molecule has 0 bridgehead atoms. The predicted molar refractivity (Wildman–Crippen MR) is 78.3 cm³/mol. The van der Waals surface area contributed by atoms with Gasteiger partial charge < -0.3 is 10.2 Å². The maximum Gasteiger partial charge on any atom is 0.322 e. The number of aromatic nitrogens is 1. The summed E-state index contributed by atoms with van der Waals surface area (Å²) in [4.78, 5) is 18.1. The molecule has 0 radical (unpaired) electrons. The number of urea groups is 1. The summed E-state index contributed by atoms with van der Waals surface area (Å²) in [6.45, 7) is 0.703. The van der Waals surface area contributed by atoms with Crippen LogP contribution in [0.3, 0.4) is 0 Å². The molecule has 0 aliphatic carbocycles. The quantitative estimate of drug-likeness (QED) is 0.916. The predicted octanol–water partition coefficient (Wildman–Crippen LogP) is 3.59. The van der Waals surface area contributed by atoms with Gasteiger partial charge in [0.25, 0.3) is 0 Å². The van der Waals surface area contributed by atoms with E-state index in [2.05, 4.69) is 10.3 Å². The van der Waals surface area contributed by atoms with Crippen LogP contribution in [0, 0.1) is 5.82 Å². The zero-order valence-corrected chi connectivity index (χ0v) is 11.5. The largest absolute Gasteiger partial charge is 0.322 e. The Labute approximate surface area is 122 Å². The van der Waals surface area contributed by atoms with Gasteiger partial charge in [-0.1, -0.05) is 12.1 Å². The van der Waals surface area contributed by atoms with Crippen LogP contribution < -0.4 is 5.32 Å². The number of carbonyl (C=O) groups excluding carboxylic acids is 1. The lowest BCUT2D eigenvalue weighted by atomic mass is 10.0. The molecule has 0 spiro atoms. The fraction of sp³-hybridized carbons (Fsp3) is 0.250. The highest BCUT2D eigenvalue weighted by atomic mass is 19.1. The molecule has 2 heterocycles. The number of likely N-dealkylation sites (tertiary alicyclic amines) is 1. The highest BCUT2D eigenvalue weighted by molar-refractivity contribution is 5.89. The lowest BCUT2D eigenvalue weighted by molar-refractivity contribution is 0.207. The molecule has 1 aliphatic rings. The van der Waals surface area contributed by atoms with Crippen LogP contribution in [0.5, 0.6) is 0 Å². The minimum absolute atomic E-state index is 0.00210. The van der Waals surface area contributed by atoms with E-state index in [1.54, 1.807) is 41.6 Å². The van der Waals surface area contributed by atoms with Crippen molar-refractivity contribution in [3.63, 3.8) is 0 Å². The number of pyridine rings is 1. The second-order valence-electron chi connectivity index (χ2n) is 5.07. The van der Waals surface area contributed by atoms with Crippen molar-refractivity contribution in [3.05, 3.63) is 60.2 Å². The van der Waals surface area contributed by atoms with Gasteiger partial charge in [-0.15, -0.1) is 0 Å². The normalized spacial score (nSPS) is 17.8. The summed E-state index contributed by atoms with van der Waals surface area (Å²) in [5.41, 5.74) is 1.64. The second kappa shape index (κ2) is 5.91. The van der Waals surface area contributed by atoms with Crippen LogP contribution in [0.2, 0.25) is 0 Å². The van der Waals surface area contributed by atoms with E-state index in [0.29, 0.717) is 12.2 Å². The lowest BCUT2D eigenvalue weighted by Gasteiger charge is -2.25. The SMILES string of the molecule is O=C(Nc1cccnc1)N1CCCC1c1ccc(F)cc1. The first kappa shape index (κ1) is 13.5. The molecule has 1 N–H and O–H groups in total. The zero-order valence-electron chi connectivity index (χ0n) is 11.5. The maximum absolute atomic E-state index is 13.0. The minimum atomic E-state index is -0.261. The number of nitrogens with one attached hydrogen (secondary N) is 1. The molecule has 1 atom stereocenters. The van der Waals surface area contributed by atoms with Crippen molar-refractivity contribution >= 4 is 11.7 Å². The molecule has 108 valence electrons. The molecule has 1 aromatic heterocycles. The number of rotatable bonds is 2. The van der Waals surface area contributed by atoms with Crippen molar-refractivity contribution in [3.8, 4) is 0 Å². The summed E-state index contributed by atoms with van der Waals surface area (Å²) in [6.07, 6.45) is 5.11. The lowest BCUT2D eigenvalue weighted by Crippen LogP contribution is -2.34. The summed E-state index contributed by atoms with van der Waals surface area (Å²) in [5, 5.41) is 2.85. The highest BCUT2D eigenvalue weighted by Gasteiger charge is 2.29. The molecular formula is C16H16FN3O. The van der Waals surface area contributed by atoms with Gasteiger partial charge in [0.2, 0.25) is 0 Å². The molecule has 5 heteroatoms. The number of benzene rings is 1. The average molecular weight is 285 g/mol. The van der Waals surface area contributed by atoms with Gasteiger partial charge in [0.05, 0.1) is 17.9 Å². The van der Waals surface area contributed by atoms with Crippen LogP contribution in [0.4, 0.5) is 14.9 Å². The summed E-state index contributed by atoms with van der Waals surface area (Å²) in [6, 6.07) is 9.79. The Balaban J connectivity index is 1.74. The fourth-order valence-corrected chi connectivity index (χ4v) is 2.67. The highest BCUT2D eigenvalue weighted by Crippen LogP contribution is 2.32. The average Bonchev–Trinajstić information content (AvgIpc) is 2.98. The molecule has 2 aromatic rings. The third kappa shape index (κ3) is 3.02. The number of carbonyl (C=O) groups is 1. The number of halogens is 1. The van der Waals surface area contributed by atoms with Gasteiger partial charge in [0, 0.05) is 12.7 Å². The second-order valence-corrected chi connectivity index (χ2v) is 5.07. The summed E-state index contributed by atoms with van der Waals surface area (Å²) >= 11 is 0. The molecule has 1 unspecified atom stereocenters. The molecule has 1 fully saturated rings. The van der Waals surface area contributed by atoms with Gasteiger partial charge in [-0.05, 0) is 42.7 Å². The van der Waals surface area contributed by atoms with Crippen LogP contribution in [0.15, 0.2) is 48.8 Å². The van der Waals surface area contributed by atoms with E-state index >= 15 is 0 Å². The van der Waals surface area contributed by atoms with Gasteiger partial charge in [-0.25, -0.2) is 9.18 Å². The topological polar surface area (TPSA) is 45.2 Å². The first-order chi connectivity index (χ1) is 10.2. The van der Waals surface area contributed by atoms with Crippen LogP contribution in [-0.4, -0.2) is 22.5 Å².